The fourth-order valence-corrected chi connectivity index (χ4v) is 2.09. The number of aliphatic hydroxyl groups excluding tert-OH is 1. The Labute approximate surface area is 78.4 Å². The molecular formula is C10H16N2O. The minimum Gasteiger partial charge on any atom is -0.396 e. The summed E-state index contributed by atoms with van der Waals surface area (Å²) in [6, 6.07) is 0. The van der Waals surface area contributed by atoms with Crippen LogP contribution in [-0.4, -0.2) is 21.5 Å². The molecule has 1 N–H and O–H groups in total. The molecule has 1 aromatic rings. The molecule has 72 valence electrons. The summed E-state index contributed by atoms with van der Waals surface area (Å²) < 4.78 is 1.95. The maximum atomic E-state index is 9.14. The van der Waals surface area contributed by atoms with Gasteiger partial charge in [0, 0.05) is 19.3 Å². The van der Waals surface area contributed by atoms with Crippen LogP contribution in [0.2, 0.25) is 0 Å². The molecule has 0 fully saturated rings. The standard InChI is InChI=1S/C10H16N2O/c1-12-10-5-8(7-13)3-2-4-9(10)6-11-12/h6,8,13H,2-5,7H2,1H3/t8-/m0/s1. The van der Waals surface area contributed by atoms with E-state index in [-0.39, 0.29) is 0 Å². The monoisotopic (exact) mass is 180 g/mol. The number of aromatic nitrogens is 2. The first kappa shape index (κ1) is 8.75. The maximum Gasteiger partial charge on any atom is 0.0524 e. The second-order valence-electron chi connectivity index (χ2n) is 3.89. The van der Waals surface area contributed by atoms with Crippen molar-refractivity contribution < 1.29 is 5.11 Å². The van der Waals surface area contributed by atoms with Crippen molar-refractivity contribution in [3.63, 3.8) is 0 Å². The van der Waals surface area contributed by atoms with Crippen molar-refractivity contribution in [3.8, 4) is 0 Å². The Morgan fingerprint density at radius 3 is 3.31 bits per heavy atom. The molecule has 2 rings (SSSR count). The van der Waals surface area contributed by atoms with Crippen molar-refractivity contribution in [2.24, 2.45) is 13.0 Å². The number of rotatable bonds is 1. The Bertz CT molecular complexity index is 293. The van der Waals surface area contributed by atoms with Crippen molar-refractivity contribution in [1.29, 1.82) is 0 Å². The van der Waals surface area contributed by atoms with Crippen LogP contribution in [0.4, 0.5) is 0 Å². The summed E-state index contributed by atoms with van der Waals surface area (Å²) in [5.41, 5.74) is 2.69. The summed E-state index contributed by atoms with van der Waals surface area (Å²) in [5, 5.41) is 13.4. The number of hydrogen-bond acceptors (Lipinski definition) is 2. The summed E-state index contributed by atoms with van der Waals surface area (Å²) >= 11 is 0. The van der Waals surface area contributed by atoms with Crippen LogP contribution in [0.1, 0.15) is 24.1 Å². The molecule has 1 aliphatic carbocycles. The third-order valence-electron chi connectivity index (χ3n) is 2.95. The van der Waals surface area contributed by atoms with E-state index in [1.807, 2.05) is 17.9 Å². The number of aliphatic hydroxyl groups is 1. The second-order valence-corrected chi connectivity index (χ2v) is 3.89. The molecule has 3 heteroatoms. The van der Waals surface area contributed by atoms with Gasteiger partial charge in [0.25, 0.3) is 0 Å². The van der Waals surface area contributed by atoms with Gasteiger partial charge in [0.2, 0.25) is 0 Å². The SMILES string of the molecule is Cn1ncc2c1C[C@@H](CO)CCC2. The third kappa shape index (κ3) is 1.61. The van der Waals surface area contributed by atoms with E-state index in [9.17, 15) is 0 Å². The van der Waals surface area contributed by atoms with Gasteiger partial charge in [0.05, 0.1) is 6.20 Å². The lowest BCUT2D eigenvalue weighted by Gasteiger charge is -2.10. The average Bonchev–Trinajstić information content (AvgIpc) is 2.41. The lowest BCUT2D eigenvalue weighted by Crippen LogP contribution is -2.11. The first-order valence-corrected chi connectivity index (χ1v) is 4.92. The molecule has 1 aromatic heterocycles. The van der Waals surface area contributed by atoms with Crippen LogP contribution >= 0.6 is 0 Å². The summed E-state index contributed by atoms with van der Waals surface area (Å²) in [4.78, 5) is 0. The molecule has 1 heterocycles. The van der Waals surface area contributed by atoms with Gasteiger partial charge in [-0.05, 0) is 37.2 Å². The quantitative estimate of drug-likeness (QED) is 0.652. The molecule has 0 spiro atoms. The normalized spacial score (nSPS) is 22.5. The van der Waals surface area contributed by atoms with Gasteiger partial charge in [0.1, 0.15) is 0 Å². The summed E-state index contributed by atoms with van der Waals surface area (Å²) in [5.74, 6) is 0.441. The van der Waals surface area contributed by atoms with E-state index in [0.717, 1.165) is 19.3 Å². The van der Waals surface area contributed by atoms with Crippen molar-refractivity contribution >= 4 is 0 Å². The van der Waals surface area contributed by atoms with Gasteiger partial charge in [-0.3, -0.25) is 4.68 Å². The van der Waals surface area contributed by atoms with Crippen LogP contribution in [0.15, 0.2) is 6.20 Å². The second kappa shape index (κ2) is 3.50. The molecule has 0 unspecified atom stereocenters. The molecular weight excluding hydrogens is 164 g/mol. The Hall–Kier alpha value is -0.830. The molecule has 0 aromatic carbocycles. The van der Waals surface area contributed by atoms with Gasteiger partial charge >= 0.3 is 0 Å². The fourth-order valence-electron chi connectivity index (χ4n) is 2.09. The molecule has 0 bridgehead atoms. The zero-order chi connectivity index (χ0) is 9.26. The highest BCUT2D eigenvalue weighted by atomic mass is 16.3. The topological polar surface area (TPSA) is 38.0 Å². The number of aryl methyl sites for hydroxylation is 2. The van der Waals surface area contributed by atoms with Gasteiger partial charge in [-0.2, -0.15) is 5.10 Å². The molecule has 0 saturated carbocycles. The lowest BCUT2D eigenvalue weighted by molar-refractivity contribution is 0.216. The van der Waals surface area contributed by atoms with Gasteiger partial charge in [-0.1, -0.05) is 0 Å². The highest BCUT2D eigenvalue weighted by Gasteiger charge is 2.18. The van der Waals surface area contributed by atoms with Crippen LogP contribution in [0, 0.1) is 5.92 Å². The Morgan fingerprint density at radius 2 is 2.54 bits per heavy atom. The van der Waals surface area contributed by atoms with E-state index >= 15 is 0 Å². The number of nitrogens with zero attached hydrogens (tertiary/aromatic N) is 2. The van der Waals surface area contributed by atoms with E-state index in [2.05, 4.69) is 5.10 Å². The average molecular weight is 180 g/mol. The van der Waals surface area contributed by atoms with Crippen molar-refractivity contribution in [2.75, 3.05) is 6.61 Å². The van der Waals surface area contributed by atoms with Gasteiger partial charge in [0.15, 0.2) is 0 Å². The predicted octanol–water partition coefficient (Wildman–Crippen LogP) is 0.907. The van der Waals surface area contributed by atoms with Crippen molar-refractivity contribution in [2.45, 2.75) is 25.7 Å². The predicted molar refractivity (Wildman–Crippen MR) is 50.4 cm³/mol. The van der Waals surface area contributed by atoms with Crippen LogP contribution < -0.4 is 0 Å². The van der Waals surface area contributed by atoms with Gasteiger partial charge < -0.3 is 5.11 Å². The first-order valence-electron chi connectivity index (χ1n) is 4.92. The van der Waals surface area contributed by atoms with Gasteiger partial charge in [-0.15, -0.1) is 0 Å². The lowest BCUT2D eigenvalue weighted by atomic mass is 10.0. The minimum atomic E-state index is 0.310. The molecule has 13 heavy (non-hydrogen) atoms. The molecule has 0 radical (unpaired) electrons. The van der Waals surface area contributed by atoms with E-state index in [0.29, 0.717) is 12.5 Å². The Kier molecular flexibility index (Phi) is 2.36. The zero-order valence-corrected chi connectivity index (χ0v) is 8.03. The highest BCUT2D eigenvalue weighted by molar-refractivity contribution is 5.19. The smallest absolute Gasteiger partial charge is 0.0524 e. The van der Waals surface area contributed by atoms with Crippen LogP contribution in [-0.2, 0) is 19.9 Å². The minimum absolute atomic E-state index is 0.310. The summed E-state index contributed by atoms with van der Waals surface area (Å²) in [7, 11) is 1.98. The summed E-state index contributed by atoms with van der Waals surface area (Å²) in [6.45, 7) is 0.310. The van der Waals surface area contributed by atoms with E-state index in [1.165, 1.54) is 17.7 Å². The Balaban J connectivity index is 2.26. The third-order valence-corrected chi connectivity index (χ3v) is 2.95. The first-order chi connectivity index (χ1) is 6.31. The summed E-state index contributed by atoms with van der Waals surface area (Å²) in [6.07, 6.45) is 6.41. The molecule has 0 saturated heterocycles. The Morgan fingerprint density at radius 1 is 1.69 bits per heavy atom. The molecule has 0 aliphatic heterocycles. The molecule has 3 nitrogen and oxygen atoms in total. The number of hydrogen-bond donors (Lipinski definition) is 1. The fraction of sp³-hybridized carbons (Fsp3) is 0.700. The number of fused-ring (bicyclic) bond motifs is 1. The maximum absolute atomic E-state index is 9.14. The molecule has 1 atom stereocenters. The van der Waals surface area contributed by atoms with Crippen LogP contribution in [0.5, 0.6) is 0 Å². The van der Waals surface area contributed by atoms with E-state index in [4.69, 9.17) is 5.11 Å². The molecule has 1 aliphatic rings. The van der Waals surface area contributed by atoms with Crippen LogP contribution in [0.3, 0.4) is 0 Å². The molecule has 0 amide bonds. The van der Waals surface area contributed by atoms with E-state index in [1.54, 1.807) is 0 Å². The van der Waals surface area contributed by atoms with E-state index < -0.39 is 0 Å². The van der Waals surface area contributed by atoms with Crippen molar-refractivity contribution in [3.05, 3.63) is 17.5 Å². The van der Waals surface area contributed by atoms with Crippen molar-refractivity contribution in [1.82, 2.24) is 9.78 Å². The largest absolute Gasteiger partial charge is 0.396 e. The zero-order valence-electron chi connectivity index (χ0n) is 8.03. The van der Waals surface area contributed by atoms with Gasteiger partial charge in [-0.25, -0.2) is 0 Å². The highest BCUT2D eigenvalue weighted by Crippen LogP contribution is 2.23. The van der Waals surface area contributed by atoms with Crippen LogP contribution in [0.25, 0.3) is 0 Å².